The van der Waals surface area contributed by atoms with E-state index in [4.69, 9.17) is 5.26 Å². The Bertz CT molecular complexity index is 412. The van der Waals surface area contributed by atoms with Crippen LogP contribution in [0.4, 0.5) is 5.69 Å². The van der Waals surface area contributed by atoms with Crippen molar-refractivity contribution in [3.05, 3.63) is 29.8 Å². The number of anilines is 1. The summed E-state index contributed by atoms with van der Waals surface area (Å²) in [7, 11) is 0. The molecule has 2 heteroatoms. The molecular weight excluding hydrogens is 208 g/mol. The molecule has 1 aliphatic rings. The van der Waals surface area contributed by atoms with E-state index < -0.39 is 0 Å². The highest BCUT2D eigenvalue weighted by Crippen LogP contribution is 2.38. The number of nitrogens with zero attached hydrogens (tertiary/aromatic N) is 1. The highest BCUT2D eigenvalue weighted by atomic mass is 14.9. The minimum absolute atomic E-state index is 0.394. The van der Waals surface area contributed by atoms with Crippen LogP contribution >= 0.6 is 0 Å². The summed E-state index contributed by atoms with van der Waals surface area (Å²) >= 11 is 0. The third-order valence-corrected chi connectivity index (χ3v) is 3.84. The maximum atomic E-state index is 8.62. The summed E-state index contributed by atoms with van der Waals surface area (Å²) in [6, 6.07) is 11.0. The fourth-order valence-corrected chi connectivity index (χ4v) is 2.61. The van der Waals surface area contributed by atoms with Crippen LogP contribution < -0.4 is 5.32 Å². The molecule has 1 aliphatic carbocycles. The maximum Gasteiger partial charge on any atom is 0.0669 e. The summed E-state index contributed by atoms with van der Waals surface area (Å²) < 4.78 is 0. The molecule has 1 saturated carbocycles. The third kappa shape index (κ3) is 2.79. The molecule has 1 atom stereocenters. The van der Waals surface area contributed by atoms with Gasteiger partial charge in [0.2, 0.25) is 0 Å². The fourth-order valence-electron chi connectivity index (χ4n) is 2.61. The van der Waals surface area contributed by atoms with Gasteiger partial charge in [-0.15, -0.1) is 0 Å². The molecule has 17 heavy (non-hydrogen) atoms. The Kier molecular flexibility index (Phi) is 3.38. The largest absolute Gasteiger partial charge is 0.382 e. The van der Waals surface area contributed by atoms with Gasteiger partial charge in [-0.2, -0.15) is 5.26 Å². The van der Waals surface area contributed by atoms with Gasteiger partial charge in [-0.1, -0.05) is 32.4 Å². The van der Waals surface area contributed by atoms with Crippen molar-refractivity contribution in [1.29, 1.82) is 5.26 Å². The Morgan fingerprint density at radius 3 is 2.59 bits per heavy atom. The van der Waals surface area contributed by atoms with E-state index in [0.29, 0.717) is 17.9 Å². The molecule has 1 aromatic rings. The minimum atomic E-state index is 0.394. The van der Waals surface area contributed by atoms with E-state index >= 15 is 0 Å². The lowest BCUT2D eigenvalue weighted by Gasteiger charge is -2.28. The first-order valence-electron chi connectivity index (χ1n) is 6.34. The quantitative estimate of drug-likeness (QED) is 0.855. The average Bonchev–Trinajstić information content (AvgIpc) is 2.62. The minimum Gasteiger partial charge on any atom is -0.382 e. The Balaban J connectivity index is 2.02. The molecule has 0 aromatic heterocycles. The van der Waals surface area contributed by atoms with E-state index in [1.807, 2.05) is 12.1 Å². The molecule has 1 unspecified atom stereocenters. The average molecular weight is 228 g/mol. The van der Waals surface area contributed by atoms with Gasteiger partial charge < -0.3 is 5.32 Å². The molecule has 0 heterocycles. The molecule has 90 valence electrons. The predicted molar refractivity (Wildman–Crippen MR) is 70.8 cm³/mol. The van der Waals surface area contributed by atoms with Gasteiger partial charge in [0.05, 0.1) is 12.5 Å². The Morgan fingerprint density at radius 2 is 2.06 bits per heavy atom. The predicted octanol–water partition coefficient (Wildman–Crippen LogP) is 3.74. The van der Waals surface area contributed by atoms with Crippen LogP contribution in [0, 0.1) is 16.7 Å². The lowest BCUT2D eigenvalue weighted by molar-refractivity contribution is 0.350. The highest BCUT2D eigenvalue weighted by Gasteiger charge is 2.34. The summed E-state index contributed by atoms with van der Waals surface area (Å²) in [5.74, 6) is 0. The first kappa shape index (κ1) is 12.0. The van der Waals surface area contributed by atoms with Gasteiger partial charge in [0.15, 0.2) is 0 Å². The first-order chi connectivity index (χ1) is 8.12. The molecule has 0 aliphatic heterocycles. The second kappa shape index (κ2) is 4.79. The smallest absolute Gasteiger partial charge is 0.0669 e. The number of hydrogen-bond donors (Lipinski definition) is 1. The lowest BCUT2D eigenvalue weighted by atomic mass is 9.87. The Morgan fingerprint density at radius 1 is 1.35 bits per heavy atom. The van der Waals surface area contributed by atoms with Crippen molar-refractivity contribution in [3.8, 4) is 6.07 Å². The van der Waals surface area contributed by atoms with E-state index in [1.165, 1.54) is 24.9 Å². The zero-order valence-electron chi connectivity index (χ0n) is 10.7. The lowest BCUT2D eigenvalue weighted by Crippen LogP contribution is -2.30. The van der Waals surface area contributed by atoms with Crippen molar-refractivity contribution in [2.75, 3.05) is 5.32 Å². The van der Waals surface area contributed by atoms with Crippen LogP contribution in [0.2, 0.25) is 0 Å². The highest BCUT2D eigenvalue weighted by molar-refractivity contribution is 5.46. The molecule has 1 fully saturated rings. The molecule has 0 spiro atoms. The van der Waals surface area contributed by atoms with Gasteiger partial charge in [-0.05, 0) is 36.0 Å². The molecule has 0 bridgehead atoms. The van der Waals surface area contributed by atoms with Crippen LogP contribution in [0.15, 0.2) is 24.3 Å². The van der Waals surface area contributed by atoms with Gasteiger partial charge >= 0.3 is 0 Å². The van der Waals surface area contributed by atoms with Crippen LogP contribution in [-0.2, 0) is 6.42 Å². The zero-order chi connectivity index (χ0) is 12.3. The van der Waals surface area contributed by atoms with E-state index in [1.54, 1.807) is 0 Å². The summed E-state index contributed by atoms with van der Waals surface area (Å²) in [6.45, 7) is 4.67. The maximum absolute atomic E-state index is 8.62. The molecular formula is C15H20N2. The number of benzene rings is 1. The van der Waals surface area contributed by atoms with Crippen LogP contribution in [0.1, 0.15) is 38.7 Å². The summed E-state index contributed by atoms with van der Waals surface area (Å²) in [5, 5.41) is 12.2. The SMILES string of the molecule is CC1(C)CCCC1Nc1ccc(CC#N)cc1. The standard InChI is InChI=1S/C15H20N2/c1-15(2)10-3-4-14(15)17-13-7-5-12(6-8-13)9-11-16/h5-8,14,17H,3-4,9-10H2,1-2H3. The zero-order valence-corrected chi connectivity index (χ0v) is 10.7. The van der Waals surface area contributed by atoms with Gasteiger partial charge in [0.1, 0.15) is 0 Å². The van der Waals surface area contributed by atoms with Gasteiger partial charge in [-0.3, -0.25) is 0 Å². The van der Waals surface area contributed by atoms with Gasteiger partial charge in [0.25, 0.3) is 0 Å². The number of nitrogens with one attached hydrogen (secondary N) is 1. The molecule has 1 aromatic carbocycles. The molecule has 1 N–H and O–H groups in total. The van der Waals surface area contributed by atoms with Crippen molar-refractivity contribution >= 4 is 5.69 Å². The van der Waals surface area contributed by atoms with Crippen LogP contribution in [0.25, 0.3) is 0 Å². The van der Waals surface area contributed by atoms with Crippen molar-refractivity contribution < 1.29 is 0 Å². The van der Waals surface area contributed by atoms with Gasteiger partial charge in [-0.25, -0.2) is 0 Å². The van der Waals surface area contributed by atoms with Crippen molar-refractivity contribution in [1.82, 2.24) is 0 Å². The number of hydrogen-bond acceptors (Lipinski definition) is 2. The van der Waals surface area contributed by atoms with Crippen molar-refractivity contribution in [2.24, 2.45) is 5.41 Å². The van der Waals surface area contributed by atoms with E-state index in [9.17, 15) is 0 Å². The van der Waals surface area contributed by atoms with E-state index in [2.05, 4.69) is 37.4 Å². The normalized spacial score (nSPS) is 22.1. The van der Waals surface area contributed by atoms with Crippen LogP contribution in [-0.4, -0.2) is 6.04 Å². The fraction of sp³-hybridized carbons (Fsp3) is 0.533. The summed E-state index contributed by atoms with van der Waals surface area (Å²) in [6.07, 6.45) is 4.37. The second-order valence-electron chi connectivity index (χ2n) is 5.61. The molecule has 0 radical (unpaired) electrons. The van der Waals surface area contributed by atoms with Crippen LogP contribution in [0.3, 0.4) is 0 Å². The topological polar surface area (TPSA) is 35.8 Å². The summed E-state index contributed by atoms with van der Waals surface area (Å²) in [4.78, 5) is 0. The Hall–Kier alpha value is -1.49. The molecule has 2 rings (SSSR count). The molecule has 2 nitrogen and oxygen atoms in total. The number of nitriles is 1. The second-order valence-corrected chi connectivity index (χ2v) is 5.61. The molecule has 0 saturated heterocycles. The Labute approximate surface area is 104 Å². The third-order valence-electron chi connectivity index (χ3n) is 3.84. The van der Waals surface area contributed by atoms with E-state index in [0.717, 1.165) is 5.56 Å². The van der Waals surface area contributed by atoms with Crippen LogP contribution in [0.5, 0.6) is 0 Å². The van der Waals surface area contributed by atoms with E-state index in [-0.39, 0.29) is 0 Å². The summed E-state index contributed by atoms with van der Waals surface area (Å²) in [5.41, 5.74) is 2.65. The van der Waals surface area contributed by atoms with Crippen molar-refractivity contribution in [2.45, 2.75) is 45.6 Å². The van der Waals surface area contributed by atoms with Crippen molar-refractivity contribution in [3.63, 3.8) is 0 Å². The number of rotatable bonds is 3. The first-order valence-corrected chi connectivity index (χ1v) is 6.34. The molecule has 0 amide bonds. The monoisotopic (exact) mass is 228 g/mol. The van der Waals surface area contributed by atoms with Gasteiger partial charge in [0, 0.05) is 11.7 Å².